The lowest BCUT2D eigenvalue weighted by Crippen LogP contribution is -1.95. The van der Waals surface area contributed by atoms with Crippen LogP contribution in [0.4, 0.5) is 0 Å². The lowest BCUT2D eigenvalue weighted by molar-refractivity contribution is 0.669. The number of benzene rings is 6. The summed E-state index contributed by atoms with van der Waals surface area (Å²) in [6, 6.07) is 48.3. The van der Waals surface area contributed by atoms with E-state index in [1.807, 2.05) is 30.3 Å². The maximum Gasteiger partial charge on any atom is 0.136 e. The molecular weight excluding hydrogens is 484 g/mol. The van der Waals surface area contributed by atoms with Crippen LogP contribution in [0, 0.1) is 0 Å². The number of hydrogen-bond acceptors (Lipinski definition) is 1. The van der Waals surface area contributed by atoms with Crippen molar-refractivity contribution in [2.45, 2.75) is 0 Å². The van der Waals surface area contributed by atoms with Gasteiger partial charge in [-0.15, -0.1) is 0 Å². The van der Waals surface area contributed by atoms with Crippen molar-refractivity contribution in [2.75, 3.05) is 0 Å². The highest BCUT2D eigenvalue weighted by Gasteiger charge is 2.22. The zero-order chi connectivity index (χ0) is 25.5. The first kappa shape index (κ1) is 22.6. The fourth-order valence-electron chi connectivity index (χ4n) is 5.39. The maximum atomic E-state index is 7.35. The van der Waals surface area contributed by atoms with Gasteiger partial charge in [-0.1, -0.05) is 127 Å². The highest BCUT2D eigenvalue weighted by atomic mass is 35.5. The summed E-state index contributed by atoms with van der Waals surface area (Å²) in [5.41, 5.74) is 10.4. The molecule has 0 N–H and O–H groups in total. The standard InChI is InChI=1S/C36H23ClO/c37-36-31(25-14-6-2-7-15-25)23-30(24-12-4-1-5-13-24)34(35(36)26-16-8-3-9-17-26)27-20-21-29-28-18-10-11-19-32(28)38-33(29)22-27/h1-23H. The normalized spacial score (nSPS) is 11.3. The average molecular weight is 507 g/mol. The van der Waals surface area contributed by atoms with Crippen LogP contribution >= 0.6 is 11.6 Å². The molecule has 1 nitrogen and oxygen atoms in total. The summed E-state index contributed by atoms with van der Waals surface area (Å²) in [7, 11) is 0. The van der Waals surface area contributed by atoms with E-state index in [1.165, 1.54) is 0 Å². The third-order valence-corrected chi connectivity index (χ3v) is 7.56. The highest BCUT2D eigenvalue weighted by molar-refractivity contribution is 6.37. The topological polar surface area (TPSA) is 13.1 Å². The first-order valence-electron chi connectivity index (χ1n) is 12.7. The molecule has 180 valence electrons. The average Bonchev–Trinajstić information content (AvgIpc) is 3.36. The van der Waals surface area contributed by atoms with Gasteiger partial charge in [-0.25, -0.2) is 0 Å². The number of halogens is 1. The lowest BCUT2D eigenvalue weighted by atomic mass is 9.84. The number of furan rings is 1. The van der Waals surface area contributed by atoms with Crippen molar-refractivity contribution in [2.24, 2.45) is 0 Å². The molecule has 0 aliphatic heterocycles. The predicted molar refractivity (Wildman–Crippen MR) is 160 cm³/mol. The molecule has 0 unspecified atom stereocenters. The van der Waals surface area contributed by atoms with Crippen molar-refractivity contribution in [3.8, 4) is 44.5 Å². The van der Waals surface area contributed by atoms with Gasteiger partial charge in [0.1, 0.15) is 11.2 Å². The van der Waals surface area contributed by atoms with E-state index < -0.39 is 0 Å². The van der Waals surface area contributed by atoms with Crippen LogP contribution in [0.1, 0.15) is 0 Å². The molecule has 0 aliphatic rings. The molecule has 0 amide bonds. The number of hydrogen-bond donors (Lipinski definition) is 0. The van der Waals surface area contributed by atoms with Gasteiger partial charge in [-0.3, -0.25) is 0 Å². The van der Waals surface area contributed by atoms with Gasteiger partial charge < -0.3 is 4.42 Å². The summed E-state index contributed by atoms with van der Waals surface area (Å²) in [5.74, 6) is 0. The Bertz CT molecular complexity index is 1900. The van der Waals surface area contributed by atoms with E-state index in [-0.39, 0.29) is 0 Å². The molecule has 38 heavy (non-hydrogen) atoms. The van der Waals surface area contributed by atoms with Crippen molar-refractivity contribution >= 4 is 33.5 Å². The molecule has 6 aromatic carbocycles. The molecule has 0 radical (unpaired) electrons. The Hall–Kier alpha value is -4.59. The first-order valence-corrected chi connectivity index (χ1v) is 13.1. The second-order valence-corrected chi connectivity index (χ2v) is 9.82. The fourth-order valence-corrected chi connectivity index (χ4v) is 5.76. The lowest BCUT2D eigenvalue weighted by Gasteiger charge is -2.21. The van der Waals surface area contributed by atoms with E-state index in [0.717, 1.165) is 71.5 Å². The van der Waals surface area contributed by atoms with E-state index in [9.17, 15) is 0 Å². The smallest absolute Gasteiger partial charge is 0.136 e. The van der Waals surface area contributed by atoms with Gasteiger partial charge in [-0.05, 0) is 57.6 Å². The van der Waals surface area contributed by atoms with E-state index >= 15 is 0 Å². The highest BCUT2D eigenvalue weighted by Crippen LogP contribution is 2.49. The third-order valence-electron chi connectivity index (χ3n) is 7.16. The maximum absolute atomic E-state index is 7.35. The Labute approximate surface area is 226 Å². The Morgan fingerprint density at radius 1 is 0.395 bits per heavy atom. The summed E-state index contributed by atoms with van der Waals surface area (Å²) < 4.78 is 6.30. The molecule has 2 heteroatoms. The van der Waals surface area contributed by atoms with Gasteiger partial charge in [0.2, 0.25) is 0 Å². The van der Waals surface area contributed by atoms with Gasteiger partial charge in [0.15, 0.2) is 0 Å². The third kappa shape index (κ3) is 3.80. The second kappa shape index (κ2) is 9.37. The summed E-state index contributed by atoms with van der Waals surface area (Å²) in [4.78, 5) is 0. The van der Waals surface area contributed by atoms with Crippen molar-refractivity contribution < 1.29 is 4.42 Å². The number of rotatable bonds is 4. The molecule has 0 saturated carbocycles. The van der Waals surface area contributed by atoms with Gasteiger partial charge in [0, 0.05) is 21.9 Å². The van der Waals surface area contributed by atoms with Gasteiger partial charge >= 0.3 is 0 Å². The predicted octanol–water partition coefficient (Wildman–Crippen LogP) is 10.9. The zero-order valence-electron chi connectivity index (χ0n) is 20.6. The minimum atomic E-state index is 0.738. The Morgan fingerprint density at radius 3 is 1.63 bits per heavy atom. The van der Waals surface area contributed by atoms with Crippen molar-refractivity contribution in [1.29, 1.82) is 0 Å². The fraction of sp³-hybridized carbons (Fsp3) is 0. The Kier molecular flexibility index (Phi) is 5.57. The molecule has 0 spiro atoms. The monoisotopic (exact) mass is 506 g/mol. The van der Waals surface area contributed by atoms with Crippen LogP contribution in [0.3, 0.4) is 0 Å². The summed E-state index contributed by atoms with van der Waals surface area (Å²) in [6.45, 7) is 0. The van der Waals surface area contributed by atoms with Crippen LogP contribution < -0.4 is 0 Å². The zero-order valence-corrected chi connectivity index (χ0v) is 21.3. The van der Waals surface area contributed by atoms with Crippen molar-refractivity contribution in [3.05, 3.63) is 145 Å². The van der Waals surface area contributed by atoms with Crippen LogP contribution in [-0.2, 0) is 0 Å². The van der Waals surface area contributed by atoms with Crippen LogP contribution in [0.15, 0.2) is 144 Å². The molecule has 0 saturated heterocycles. The van der Waals surface area contributed by atoms with E-state index in [1.54, 1.807) is 0 Å². The van der Waals surface area contributed by atoms with Crippen LogP contribution in [0.2, 0.25) is 5.02 Å². The van der Waals surface area contributed by atoms with Crippen LogP contribution in [-0.4, -0.2) is 0 Å². The SMILES string of the molecule is Clc1c(-c2ccccc2)cc(-c2ccccc2)c(-c2ccc3c(c2)oc2ccccc23)c1-c1ccccc1. The summed E-state index contributed by atoms with van der Waals surface area (Å²) >= 11 is 7.35. The Morgan fingerprint density at radius 2 is 0.947 bits per heavy atom. The largest absolute Gasteiger partial charge is 0.456 e. The minimum absolute atomic E-state index is 0.738. The second-order valence-electron chi connectivity index (χ2n) is 9.44. The van der Waals surface area contributed by atoms with E-state index in [2.05, 4.69) is 109 Å². The van der Waals surface area contributed by atoms with E-state index in [0.29, 0.717) is 0 Å². The molecule has 0 aliphatic carbocycles. The van der Waals surface area contributed by atoms with Crippen LogP contribution in [0.25, 0.3) is 66.4 Å². The van der Waals surface area contributed by atoms with Crippen molar-refractivity contribution in [1.82, 2.24) is 0 Å². The number of para-hydroxylation sites is 1. The number of fused-ring (bicyclic) bond motifs is 3. The molecule has 1 heterocycles. The molecule has 0 atom stereocenters. The minimum Gasteiger partial charge on any atom is -0.456 e. The van der Waals surface area contributed by atoms with Gasteiger partial charge in [-0.2, -0.15) is 0 Å². The molecule has 0 fully saturated rings. The quantitative estimate of drug-likeness (QED) is 0.231. The Balaban J connectivity index is 1.60. The molecule has 0 bridgehead atoms. The molecular formula is C36H23ClO. The van der Waals surface area contributed by atoms with Crippen molar-refractivity contribution in [3.63, 3.8) is 0 Å². The van der Waals surface area contributed by atoms with Gasteiger partial charge in [0.25, 0.3) is 0 Å². The summed E-state index contributed by atoms with van der Waals surface area (Å²) in [5, 5.41) is 2.97. The van der Waals surface area contributed by atoms with Crippen LogP contribution in [0.5, 0.6) is 0 Å². The first-order chi connectivity index (χ1) is 18.8. The van der Waals surface area contributed by atoms with Gasteiger partial charge in [0.05, 0.1) is 5.02 Å². The summed E-state index contributed by atoms with van der Waals surface area (Å²) in [6.07, 6.45) is 0. The molecule has 7 rings (SSSR count). The van der Waals surface area contributed by atoms with E-state index in [4.69, 9.17) is 16.0 Å². The molecule has 7 aromatic rings. The molecule has 1 aromatic heterocycles.